The van der Waals surface area contributed by atoms with E-state index >= 15 is 0 Å². The second-order valence-corrected chi connectivity index (χ2v) is 6.58. The number of aliphatic imine (C=N–C) groups is 1. The zero-order valence-corrected chi connectivity index (χ0v) is 12.8. The van der Waals surface area contributed by atoms with Crippen molar-refractivity contribution in [3.05, 3.63) is 29.8 Å². The Morgan fingerprint density at radius 2 is 2.15 bits per heavy atom. The maximum atomic E-state index is 5.81. The van der Waals surface area contributed by atoms with Crippen molar-refractivity contribution in [2.45, 2.75) is 44.7 Å². The molecule has 1 aliphatic heterocycles. The number of para-hydroxylation sites is 1. The number of amidine groups is 1. The molecule has 1 aliphatic carbocycles. The SMILES string of the molecule is Cc1ccccc1OCCSC1=N[C@@H]2CCCC[C@@H]2N1. The first-order valence-electron chi connectivity index (χ1n) is 7.48. The first kappa shape index (κ1) is 13.8. The molecular formula is C16H22N2OS. The van der Waals surface area contributed by atoms with Crippen LogP contribution in [0, 0.1) is 6.92 Å². The third-order valence-electron chi connectivity index (χ3n) is 3.99. The van der Waals surface area contributed by atoms with Crippen molar-refractivity contribution in [3.63, 3.8) is 0 Å². The van der Waals surface area contributed by atoms with Crippen LogP contribution in [0.5, 0.6) is 5.75 Å². The van der Waals surface area contributed by atoms with Crippen molar-refractivity contribution < 1.29 is 4.74 Å². The van der Waals surface area contributed by atoms with E-state index in [-0.39, 0.29) is 0 Å². The molecule has 20 heavy (non-hydrogen) atoms. The summed E-state index contributed by atoms with van der Waals surface area (Å²) in [7, 11) is 0. The second-order valence-electron chi connectivity index (χ2n) is 5.50. The Labute approximate surface area is 125 Å². The van der Waals surface area contributed by atoms with Gasteiger partial charge in [-0.05, 0) is 31.4 Å². The van der Waals surface area contributed by atoms with Crippen LogP contribution in [-0.4, -0.2) is 29.6 Å². The minimum atomic E-state index is 0.531. The summed E-state index contributed by atoms with van der Waals surface area (Å²) in [5.74, 6) is 1.93. The molecule has 108 valence electrons. The predicted octanol–water partition coefficient (Wildman–Crippen LogP) is 3.38. The Balaban J connectivity index is 1.41. The third-order valence-corrected chi connectivity index (χ3v) is 4.86. The van der Waals surface area contributed by atoms with E-state index in [1.165, 1.54) is 31.2 Å². The molecule has 1 fully saturated rings. The summed E-state index contributed by atoms with van der Waals surface area (Å²) in [5, 5.41) is 4.68. The van der Waals surface area contributed by atoms with Gasteiger partial charge in [-0.3, -0.25) is 4.99 Å². The first-order chi connectivity index (χ1) is 9.83. The van der Waals surface area contributed by atoms with Gasteiger partial charge in [0.1, 0.15) is 5.75 Å². The monoisotopic (exact) mass is 290 g/mol. The van der Waals surface area contributed by atoms with Gasteiger partial charge in [0.2, 0.25) is 0 Å². The summed E-state index contributed by atoms with van der Waals surface area (Å²) in [5.41, 5.74) is 1.19. The number of nitrogens with one attached hydrogen (secondary N) is 1. The van der Waals surface area contributed by atoms with Crippen molar-refractivity contribution in [2.75, 3.05) is 12.4 Å². The number of benzene rings is 1. The van der Waals surface area contributed by atoms with Crippen LogP contribution in [0.25, 0.3) is 0 Å². The molecule has 0 amide bonds. The number of thioether (sulfide) groups is 1. The smallest absolute Gasteiger partial charge is 0.157 e. The minimum Gasteiger partial charge on any atom is -0.492 e. The van der Waals surface area contributed by atoms with Crippen molar-refractivity contribution in [3.8, 4) is 5.75 Å². The average molecular weight is 290 g/mol. The van der Waals surface area contributed by atoms with Gasteiger partial charge in [-0.2, -0.15) is 0 Å². The van der Waals surface area contributed by atoms with Crippen LogP contribution in [0.3, 0.4) is 0 Å². The van der Waals surface area contributed by atoms with Crippen molar-refractivity contribution in [1.29, 1.82) is 0 Å². The Kier molecular flexibility index (Phi) is 4.51. The third kappa shape index (κ3) is 3.29. The molecule has 2 aliphatic rings. The van der Waals surface area contributed by atoms with Gasteiger partial charge < -0.3 is 10.1 Å². The van der Waals surface area contributed by atoms with Gasteiger partial charge in [0.05, 0.1) is 18.7 Å². The first-order valence-corrected chi connectivity index (χ1v) is 8.47. The number of fused-ring (bicyclic) bond motifs is 1. The van der Waals surface area contributed by atoms with Gasteiger partial charge in [-0.15, -0.1) is 0 Å². The molecule has 0 bridgehead atoms. The fraction of sp³-hybridized carbons (Fsp3) is 0.562. The van der Waals surface area contributed by atoms with Gasteiger partial charge in [0.15, 0.2) is 5.17 Å². The fourth-order valence-corrected chi connectivity index (χ4v) is 3.67. The van der Waals surface area contributed by atoms with Crippen molar-refractivity contribution >= 4 is 16.9 Å². The number of hydrogen-bond acceptors (Lipinski definition) is 4. The summed E-state index contributed by atoms with van der Waals surface area (Å²) < 4.78 is 5.81. The quantitative estimate of drug-likeness (QED) is 0.863. The van der Waals surface area contributed by atoms with Gasteiger partial charge in [0.25, 0.3) is 0 Å². The molecule has 0 radical (unpaired) electrons. The lowest BCUT2D eigenvalue weighted by atomic mass is 9.92. The van der Waals surface area contributed by atoms with Gasteiger partial charge in [0, 0.05) is 5.75 Å². The van der Waals surface area contributed by atoms with Crippen molar-refractivity contribution in [2.24, 2.45) is 4.99 Å². The highest BCUT2D eigenvalue weighted by Gasteiger charge is 2.30. The topological polar surface area (TPSA) is 33.6 Å². The van der Waals surface area contributed by atoms with Gasteiger partial charge in [-0.25, -0.2) is 0 Å². The normalized spacial score (nSPS) is 24.8. The molecule has 1 heterocycles. The Morgan fingerprint density at radius 1 is 1.30 bits per heavy atom. The highest BCUT2D eigenvalue weighted by Crippen LogP contribution is 2.27. The lowest BCUT2D eigenvalue weighted by molar-refractivity contribution is 0.342. The highest BCUT2D eigenvalue weighted by atomic mass is 32.2. The van der Waals surface area contributed by atoms with Crippen LogP contribution in [-0.2, 0) is 0 Å². The molecule has 1 saturated carbocycles. The zero-order valence-electron chi connectivity index (χ0n) is 12.0. The number of hydrogen-bond donors (Lipinski definition) is 1. The van der Waals surface area contributed by atoms with E-state index < -0.39 is 0 Å². The van der Waals surface area contributed by atoms with E-state index in [9.17, 15) is 0 Å². The average Bonchev–Trinajstić information content (AvgIpc) is 2.88. The molecule has 0 saturated heterocycles. The lowest BCUT2D eigenvalue weighted by Crippen LogP contribution is -2.36. The van der Waals surface area contributed by atoms with E-state index in [2.05, 4.69) is 18.3 Å². The number of aryl methyl sites for hydroxylation is 1. The standard InChI is InChI=1S/C16H22N2OS/c1-12-6-2-5-9-15(12)19-10-11-20-16-17-13-7-3-4-8-14(13)18-16/h2,5-6,9,13-14H,3-4,7-8,10-11H2,1H3,(H,17,18)/t13-,14+. The summed E-state index contributed by atoms with van der Waals surface area (Å²) in [6.45, 7) is 2.81. The molecule has 1 aromatic carbocycles. The fourth-order valence-electron chi connectivity index (χ4n) is 2.87. The molecule has 3 nitrogen and oxygen atoms in total. The summed E-state index contributed by atoms with van der Waals surface area (Å²) >= 11 is 1.79. The molecule has 0 spiro atoms. The molecule has 4 heteroatoms. The van der Waals surface area contributed by atoms with E-state index in [0.29, 0.717) is 12.1 Å². The molecule has 3 rings (SSSR count). The minimum absolute atomic E-state index is 0.531. The molecule has 1 N–H and O–H groups in total. The van der Waals surface area contributed by atoms with Crippen LogP contribution in [0.4, 0.5) is 0 Å². The Hall–Kier alpha value is -1.16. The molecule has 2 atom stereocenters. The van der Waals surface area contributed by atoms with E-state index in [0.717, 1.165) is 23.3 Å². The number of nitrogens with zero attached hydrogens (tertiary/aromatic N) is 1. The van der Waals surface area contributed by atoms with Crippen LogP contribution in [0.1, 0.15) is 31.2 Å². The summed E-state index contributed by atoms with van der Waals surface area (Å²) in [6, 6.07) is 9.29. The summed E-state index contributed by atoms with van der Waals surface area (Å²) in [6.07, 6.45) is 5.21. The van der Waals surface area contributed by atoms with Crippen LogP contribution >= 0.6 is 11.8 Å². The maximum absolute atomic E-state index is 5.81. The zero-order chi connectivity index (χ0) is 13.8. The molecule has 0 aromatic heterocycles. The largest absolute Gasteiger partial charge is 0.492 e. The summed E-state index contributed by atoms with van der Waals surface area (Å²) in [4.78, 5) is 4.79. The number of rotatable bonds is 4. The van der Waals surface area contributed by atoms with Gasteiger partial charge in [-0.1, -0.05) is 42.8 Å². The van der Waals surface area contributed by atoms with Gasteiger partial charge >= 0.3 is 0 Å². The van der Waals surface area contributed by atoms with E-state index in [4.69, 9.17) is 9.73 Å². The van der Waals surface area contributed by atoms with Crippen LogP contribution in [0.15, 0.2) is 29.3 Å². The Bertz CT molecular complexity index is 489. The van der Waals surface area contributed by atoms with Crippen LogP contribution < -0.4 is 10.1 Å². The molecular weight excluding hydrogens is 268 g/mol. The lowest BCUT2D eigenvalue weighted by Gasteiger charge is -2.23. The Morgan fingerprint density at radius 3 is 3.00 bits per heavy atom. The number of ether oxygens (including phenoxy) is 1. The maximum Gasteiger partial charge on any atom is 0.157 e. The second kappa shape index (κ2) is 6.53. The predicted molar refractivity (Wildman–Crippen MR) is 85.7 cm³/mol. The van der Waals surface area contributed by atoms with E-state index in [1.807, 2.05) is 18.2 Å². The highest BCUT2D eigenvalue weighted by molar-refractivity contribution is 8.13. The molecule has 0 unspecified atom stereocenters. The molecule has 1 aromatic rings. The van der Waals surface area contributed by atoms with E-state index in [1.54, 1.807) is 11.8 Å². The van der Waals surface area contributed by atoms with Crippen molar-refractivity contribution in [1.82, 2.24) is 5.32 Å². The van der Waals surface area contributed by atoms with Crippen LogP contribution in [0.2, 0.25) is 0 Å².